The number of benzene rings is 1. The fourth-order valence-electron chi connectivity index (χ4n) is 2.73. The zero-order chi connectivity index (χ0) is 18.1. The van der Waals surface area contributed by atoms with Gasteiger partial charge in [-0.1, -0.05) is 6.07 Å². The maximum atomic E-state index is 12.3. The van der Waals surface area contributed by atoms with Crippen LogP contribution < -0.4 is 16.2 Å². The largest absolute Gasteiger partial charge is 0.328 e. The van der Waals surface area contributed by atoms with E-state index in [1.165, 1.54) is 6.33 Å². The number of pyridine rings is 1. The van der Waals surface area contributed by atoms with Crippen LogP contribution in [0.1, 0.15) is 18.8 Å². The van der Waals surface area contributed by atoms with E-state index in [0.29, 0.717) is 28.1 Å². The number of amides is 2. The zero-order valence-electron chi connectivity index (χ0n) is 13.8. The Morgan fingerprint density at radius 1 is 1.23 bits per heavy atom. The average Bonchev–Trinajstić information content (AvgIpc) is 3.06. The number of fused-ring (bicyclic) bond motifs is 2. The number of nitrogens with one attached hydrogen (secondary N) is 3. The van der Waals surface area contributed by atoms with Gasteiger partial charge in [0, 0.05) is 11.9 Å². The summed E-state index contributed by atoms with van der Waals surface area (Å²) in [6, 6.07) is 9.74. The Morgan fingerprint density at radius 3 is 3.00 bits per heavy atom. The first kappa shape index (κ1) is 15.8. The Kier molecular flexibility index (Phi) is 3.81. The molecule has 1 aromatic carbocycles. The average molecular weight is 349 g/mol. The molecule has 1 unspecified atom stereocenters. The Bertz CT molecular complexity index is 1160. The molecule has 0 aliphatic carbocycles. The van der Waals surface area contributed by atoms with Crippen LogP contribution in [0.25, 0.3) is 16.6 Å². The molecule has 3 heterocycles. The van der Waals surface area contributed by atoms with Crippen molar-refractivity contribution in [3.05, 3.63) is 65.1 Å². The van der Waals surface area contributed by atoms with E-state index in [0.717, 1.165) is 0 Å². The Balaban J connectivity index is 1.52. The van der Waals surface area contributed by atoms with Gasteiger partial charge in [-0.25, -0.2) is 9.78 Å². The molecule has 9 heteroatoms. The van der Waals surface area contributed by atoms with Gasteiger partial charge in [0.1, 0.15) is 0 Å². The number of H-pyrrole nitrogens is 1. The number of anilines is 1. The Hall–Kier alpha value is -3.75. The molecule has 0 bridgehead atoms. The lowest BCUT2D eigenvalue weighted by atomic mass is 10.2. The number of aromatic nitrogens is 5. The molecule has 26 heavy (non-hydrogen) atoms. The van der Waals surface area contributed by atoms with Crippen LogP contribution in [0.3, 0.4) is 0 Å². The second kappa shape index (κ2) is 6.28. The van der Waals surface area contributed by atoms with Crippen molar-refractivity contribution in [2.45, 2.75) is 13.0 Å². The van der Waals surface area contributed by atoms with E-state index in [1.54, 1.807) is 18.2 Å². The number of rotatable bonds is 3. The molecule has 0 spiro atoms. The maximum Gasteiger partial charge on any atom is 0.319 e. The Morgan fingerprint density at radius 2 is 2.12 bits per heavy atom. The normalized spacial score (nSPS) is 12.2. The minimum absolute atomic E-state index is 0.262. The van der Waals surface area contributed by atoms with Crippen molar-refractivity contribution in [1.29, 1.82) is 0 Å². The van der Waals surface area contributed by atoms with Crippen molar-refractivity contribution < 1.29 is 4.79 Å². The summed E-state index contributed by atoms with van der Waals surface area (Å²) < 4.78 is 1.81. The monoisotopic (exact) mass is 349 g/mol. The number of hydrogen-bond acceptors (Lipinski definition) is 5. The fourth-order valence-corrected chi connectivity index (χ4v) is 2.73. The first-order chi connectivity index (χ1) is 12.6. The van der Waals surface area contributed by atoms with Crippen LogP contribution in [-0.4, -0.2) is 30.6 Å². The number of carbonyl (C=O) groups excluding carboxylic acids is 1. The molecule has 4 aromatic rings. The first-order valence-electron chi connectivity index (χ1n) is 7.96. The number of nitrogens with zero attached hydrogens (tertiary/aromatic N) is 4. The predicted molar refractivity (Wildman–Crippen MR) is 95.9 cm³/mol. The SMILES string of the molecule is CC(NC(=O)Nc1ccc2nc[nH]c(=O)c2c1)c1nnc2ccccn12. The molecule has 0 saturated carbocycles. The number of hydrogen-bond donors (Lipinski definition) is 3. The van der Waals surface area contributed by atoms with Gasteiger partial charge in [0.15, 0.2) is 11.5 Å². The van der Waals surface area contributed by atoms with Gasteiger partial charge in [-0.3, -0.25) is 9.20 Å². The van der Waals surface area contributed by atoms with Crippen molar-refractivity contribution in [2.24, 2.45) is 0 Å². The maximum absolute atomic E-state index is 12.3. The summed E-state index contributed by atoms with van der Waals surface area (Å²) in [5, 5.41) is 14.1. The number of carbonyl (C=O) groups is 1. The summed E-state index contributed by atoms with van der Waals surface area (Å²) in [6.07, 6.45) is 3.18. The van der Waals surface area contributed by atoms with Crippen molar-refractivity contribution in [2.75, 3.05) is 5.32 Å². The third-order valence-corrected chi connectivity index (χ3v) is 3.97. The van der Waals surface area contributed by atoms with E-state index >= 15 is 0 Å². The first-order valence-corrected chi connectivity index (χ1v) is 7.96. The van der Waals surface area contributed by atoms with E-state index in [1.807, 2.05) is 35.7 Å². The molecule has 0 aliphatic rings. The quantitative estimate of drug-likeness (QED) is 0.522. The molecule has 2 amide bonds. The van der Waals surface area contributed by atoms with Crippen molar-refractivity contribution in [3.63, 3.8) is 0 Å². The molecule has 9 nitrogen and oxygen atoms in total. The van der Waals surface area contributed by atoms with Crippen LogP contribution in [0.2, 0.25) is 0 Å². The van der Waals surface area contributed by atoms with Gasteiger partial charge >= 0.3 is 6.03 Å². The summed E-state index contributed by atoms with van der Waals surface area (Å²) in [6.45, 7) is 1.82. The molecule has 130 valence electrons. The van der Waals surface area contributed by atoms with Crippen molar-refractivity contribution in [3.8, 4) is 0 Å². The highest BCUT2D eigenvalue weighted by atomic mass is 16.2. The molecule has 0 saturated heterocycles. The van der Waals surface area contributed by atoms with Gasteiger partial charge in [0.05, 0.1) is 23.3 Å². The molecule has 0 aliphatic heterocycles. The third-order valence-electron chi connectivity index (χ3n) is 3.97. The second-order valence-corrected chi connectivity index (χ2v) is 5.77. The van der Waals surface area contributed by atoms with Gasteiger partial charge < -0.3 is 15.6 Å². The third kappa shape index (κ3) is 2.86. The van der Waals surface area contributed by atoms with E-state index in [2.05, 4.69) is 30.8 Å². The van der Waals surface area contributed by atoms with E-state index in [9.17, 15) is 9.59 Å². The van der Waals surface area contributed by atoms with E-state index in [-0.39, 0.29) is 11.6 Å². The van der Waals surface area contributed by atoms with Gasteiger partial charge in [-0.15, -0.1) is 10.2 Å². The second-order valence-electron chi connectivity index (χ2n) is 5.77. The molecule has 0 radical (unpaired) electrons. The van der Waals surface area contributed by atoms with Crippen molar-refractivity contribution in [1.82, 2.24) is 29.9 Å². The summed E-state index contributed by atoms with van der Waals surface area (Å²) in [5.41, 5.74) is 1.50. The molecule has 1 atom stereocenters. The summed E-state index contributed by atoms with van der Waals surface area (Å²) in [5.74, 6) is 0.620. The number of urea groups is 1. The van der Waals surface area contributed by atoms with Gasteiger partial charge in [-0.2, -0.15) is 0 Å². The standard InChI is InChI=1S/C17H15N7O2/c1-10(15-23-22-14-4-2-3-7-24(14)15)20-17(26)21-11-5-6-13-12(8-11)16(25)19-9-18-13/h2-10H,1H3,(H,18,19,25)(H2,20,21,26). The van der Waals surface area contributed by atoms with Gasteiger partial charge in [0.2, 0.25) is 0 Å². The lowest BCUT2D eigenvalue weighted by Gasteiger charge is -2.13. The predicted octanol–water partition coefficient (Wildman–Crippen LogP) is 1.85. The fraction of sp³-hybridized carbons (Fsp3) is 0.118. The highest BCUT2D eigenvalue weighted by Gasteiger charge is 2.15. The van der Waals surface area contributed by atoms with Crippen LogP contribution in [0.15, 0.2) is 53.7 Å². The van der Waals surface area contributed by atoms with Crippen LogP contribution in [0.4, 0.5) is 10.5 Å². The molecule has 3 aromatic heterocycles. The summed E-state index contributed by atoms with van der Waals surface area (Å²) >= 11 is 0. The highest BCUT2D eigenvalue weighted by Crippen LogP contribution is 2.15. The molecule has 3 N–H and O–H groups in total. The minimum atomic E-state index is -0.412. The minimum Gasteiger partial charge on any atom is -0.328 e. The lowest BCUT2D eigenvalue weighted by Crippen LogP contribution is -2.32. The van der Waals surface area contributed by atoms with E-state index in [4.69, 9.17) is 0 Å². The van der Waals surface area contributed by atoms with Crippen LogP contribution in [0.5, 0.6) is 0 Å². The highest BCUT2D eigenvalue weighted by molar-refractivity contribution is 5.92. The summed E-state index contributed by atoms with van der Waals surface area (Å²) in [4.78, 5) is 30.7. The number of aromatic amines is 1. The lowest BCUT2D eigenvalue weighted by molar-refractivity contribution is 0.249. The van der Waals surface area contributed by atoms with Gasteiger partial charge in [-0.05, 0) is 37.3 Å². The molecule has 4 rings (SSSR count). The van der Waals surface area contributed by atoms with Crippen LogP contribution in [0, 0.1) is 0 Å². The van der Waals surface area contributed by atoms with Crippen LogP contribution >= 0.6 is 0 Å². The van der Waals surface area contributed by atoms with Crippen LogP contribution in [-0.2, 0) is 0 Å². The molecular weight excluding hydrogens is 334 g/mol. The summed E-state index contributed by atoms with van der Waals surface area (Å²) in [7, 11) is 0. The topological polar surface area (TPSA) is 117 Å². The van der Waals surface area contributed by atoms with Crippen molar-refractivity contribution >= 4 is 28.3 Å². The smallest absolute Gasteiger partial charge is 0.319 e. The van der Waals surface area contributed by atoms with Gasteiger partial charge in [0.25, 0.3) is 5.56 Å². The Labute approximate surface area is 147 Å². The zero-order valence-corrected chi connectivity index (χ0v) is 13.8. The van der Waals surface area contributed by atoms with E-state index < -0.39 is 6.03 Å². The molecule has 0 fully saturated rings. The molecular formula is C17H15N7O2.